The first-order valence-electron chi connectivity index (χ1n) is 9.68. The van der Waals surface area contributed by atoms with Gasteiger partial charge in [-0.1, -0.05) is 44.1 Å². The van der Waals surface area contributed by atoms with Crippen molar-refractivity contribution in [3.8, 4) is 0 Å². The van der Waals surface area contributed by atoms with Crippen molar-refractivity contribution in [3.63, 3.8) is 0 Å². The topological polar surface area (TPSA) is 6.48 Å². The lowest BCUT2D eigenvalue weighted by Gasteiger charge is -2.35. The smallest absolute Gasteiger partial charge is 0.0899 e. The molecule has 0 radical (unpaired) electrons. The molecule has 0 spiro atoms. The Labute approximate surface area is 148 Å². The van der Waals surface area contributed by atoms with E-state index in [4.69, 9.17) is 0 Å². The number of hydrogen-bond donors (Lipinski definition) is 0. The molecule has 0 aromatic carbocycles. The molecule has 0 amide bonds. The van der Waals surface area contributed by atoms with Crippen LogP contribution in [0.1, 0.15) is 60.8 Å². The number of nitrogens with zero attached hydrogens (tertiary/aromatic N) is 2. The van der Waals surface area contributed by atoms with E-state index in [0.717, 1.165) is 13.2 Å². The molecule has 2 aliphatic carbocycles. The van der Waals surface area contributed by atoms with E-state index in [9.17, 15) is 0 Å². The van der Waals surface area contributed by atoms with Crippen LogP contribution < -0.4 is 0 Å². The Bertz CT molecular complexity index is 632. The van der Waals surface area contributed by atoms with Crippen molar-refractivity contribution in [2.24, 2.45) is 11.8 Å². The Morgan fingerprint density at radius 3 is 1.92 bits per heavy atom. The molecule has 1 heterocycles. The summed E-state index contributed by atoms with van der Waals surface area (Å²) in [6, 6.07) is 0. The van der Waals surface area contributed by atoms with Crippen molar-refractivity contribution in [2.45, 2.75) is 60.8 Å². The van der Waals surface area contributed by atoms with E-state index in [1.165, 1.54) is 42.5 Å². The van der Waals surface area contributed by atoms with Crippen molar-refractivity contribution in [1.82, 2.24) is 9.80 Å². The van der Waals surface area contributed by atoms with Crippen LogP contribution in [0.2, 0.25) is 0 Å². The van der Waals surface area contributed by atoms with Gasteiger partial charge < -0.3 is 9.80 Å². The minimum atomic E-state index is 0.653. The Kier molecular flexibility index (Phi) is 4.94. The SMILES string of the molecule is CCC1=CC(C)=C(N2CCN(C3=C(C)C=C(C)CC3C)C2)C(C)C1. The Morgan fingerprint density at radius 2 is 1.42 bits per heavy atom. The second-order valence-electron chi connectivity index (χ2n) is 8.16. The average molecular weight is 327 g/mol. The largest absolute Gasteiger partial charge is 0.355 e. The molecular formula is C22H34N2. The third-order valence-corrected chi connectivity index (χ3v) is 5.94. The van der Waals surface area contributed by atoms with Gasteiger partial charge in [0, 0.05) is 36.3 Å². The van der Waals surface area contributed by atoms with Crippen molar-refractivity contribution < 1.29 is 0 Å². The van der Waals surface area contributed by atoms with Crippen LogP contribution in [-0.2, 0) is 0 Å². The highest BCUT2D eigenvalue weighted by molar-refractivity contribution is 5.35. The summed E-state index contributed by atoms with van der Waals surface area (Å²) in [6.45, 7) is 17.3. The van der Waals surface area contributed by atoms with Gasteiger partial charge in [-0.15, -0.1) is 0 Å². The first-order valence-corrected chi connectivity index (χ1v) is 9.68. The van der Waals surface area contributed by atoms with E-state index in [2.05, 4.69) is 63.5 Å². The van der Waals surface area contributed by atoms with Gasteiger partial charge in [0.25, 0.3) is 0 Å². The number of rotatable bonds is 3. The molecule has 0 aromatic rings. The fourth-order valence-corrected chi connectivity index (χ4v) is 5.14. The molecule has 1 fully saturated rings. The molecular weight excluding hydrogens is 292 g/mol. The predicted molar refractivity (Wildman–Crippen MR) is 103 cm³/mol. The second-order valence-corrected chi connectivity index (χ2v) is 8.16. The molecule has 132 valence electrons. The molecule has 2 atom stereocenters. The normalized spacial score (nSPS) is 28.6. The Hall–Kier alpha value is -1.44. The van der Waals surface area contributed by atoms with Gasteiger partial charge in [0.2, 0.25) is 0 Å². The molecule has 1 aliphatic heterocycles. The predicted octanol–water partition coefficient (Wildman–Crippen LogP) is 5.47. The van der Waals surface area contributed by atoms with Crippen LogP contribution in [0.3, 0.4) is 0 Å². The minimum absolute atomic E-state index is 0.653. The molecule has 0 bridgehead atoms. The van der Waals surface area contributed by atoms with Crippen LogP contribution in [0.5, 0.6) is 0 Å². The highest BCUT2D eigenvalue weighted by Crippen LogP contribution is 2.37. The summed E-state index contributed by atoms with van der Waals surface area (Å²) in [4.78, 5) is 5.27. The Morgan fingerprint density at radius 1 is 0.875 bits per heavy atom. The summed E-state index contributed by atoms with van der Waals surface area (Å²) in [5.74, 6) is 1.31. The second kappa shape index (κ2) is 6.82. The lowest BCUT2D eigenvalue weighted by Crippen LogP contribution is -2.31. The monoisotopic (exact) mass is 326 g/mol. The third-order valence-electron chi connectivity index (χ3n) is 5.94. The molecule has 2 unspecified atom stereocenters. The zero-order valence-electron chi connectivity index (χ0n) is 16.4. The van der Waals surface area contributed by atoms with E-state index in [1.54, 1.807) is 17.0 Å². The van der Waals surface area contributed by atoms with E-state index in [1.807, 2.05) is 0 Å². The van der Waals surface area contributed by atoms with Gasteiger partial charge in [-0.25, -0.2) is 0 Å². The lowest BCUT2D eigenvalue weighted by atomic mass is 9.87. The van der Waals surface area contributed by atoms with Gasteiger partial charge in [0.05, 0.1) is 6.67 Å². The standard InChI is InChI=1S/C22H34N2/c1-7-20-12-18(5)22(19(6)13-20)24-9-8-23(14-24)21-16(3)10-15(2)11-17(21)4/h10,12,17,19H,7-9,11,13-14H2,1-6H3. The van der Waals surface area contributed by atoms with Gasteiger partial charge >= 0.3 is 0 Å². The fraction of sp³-hybridized carbons (Fsp3) is 0.636. The maximum atomic E-state index is 2.64. The summed E-state index contributed by atoms with van der Waals surface area (Å²) >= 11 is 0. The van der Waals surface area contributed by atoms with Gasteiger partial charge in [0.1, 0.15) is 0 Å². The molecule has 3 aliphatic rings. The summed E-state index contributed by atoms with van der Waals surface area (Å²) in [7, 11) is 0. The quantitative estimate of drug-likeness (QED) is 0.678. The highest BCUT2D eigenvalue weighted by atomic mass is 15.4. The Balaban J connectivity index is 1.81. The fourth-order valence-electron chi connectivity index (χ4n) is 5.14. The van der Waals surface area contributed by atoms with E-state index < -0.39 is 0 Å². The number of hydrogen-bond acceptors (Lipinski definition) is 2. The summed E-state index contributed by atoms with van der Waals surface area (Å²) in [6.07, 6.45) is 8.47. The molecule has 24 heavy (non-hydrogen) atoms. The molecule has 0 N–H and O–H groups in total. The first-order chi connectivity index (χ1) is 11.4. The molecule has 0 aromatic heterocycles. The summed E-state index contributed by atoms with van der Waals surface area (Å²) in [5.41, 5.74) is 9.27. The lowest BCUT2D eigenvalue weighted by molar-refractivity contribution is 0.279. The van der Waals surface area contributed by atoms with E-state index >= 15 is 0 Å². The van der Waals surface area contributed by atoms with Crippen LogP contribution in [0.25, 0.3) is 0 Å². The zero-order valence-corrected chi connectivity index (χ0v) is 16.4. The number of allylic oxidation sites excluding steroid dienone is 8. The summed E-state index contributed by atoms with van der Waals surface area (Å²) in [5, 5.41) is 0. The first kappa shape index (κ1) is 17.4. The van der Waals surface area contributed by atoms with Crippen LogP contribution in [-0.4, -0.2) is 29.6 Å². The van der Waals surface area contributed by atoms with Crippen LogP contribution in [0.4, 0.5) is 0 Å². The van der Waals surface area contributed by atoms with Crippen molar-refractivity contribution in [1.29, 1.82) is 0 Å². The van der Waals surface area contributed by atoms with Crippen molar-refractivity contribution >= 4 is 0 Å². The van der Waals surface area contributed by atoms with Crippen molar-refractivity contribution in [2.75, 3.05) is 19.8 Å². The van der Waals surface area contributed by atoms with Gasteiger partial charge in [-0.2, -0.15) is 0 Å². The van der Waals surface area contributed by atoms with Gasteiger partial charge in [0.15, 0.2) is 0 Å². The minimum Gasteiger partial charge on any atom is -0.355 e. The van der Waals surface area contributed by atoms with Gasteiger partial charge in [-0.3, -0.25) is 0 Å². The van der Waals surface area contributed by atoms with Crippen LogP contribution >= 0.6 is 0 Å². The van der Waals surface area contributed by atoms with Crippen LogP contribution in [0, 0.1) is 11.8 Å². The summed E-state index contributed by atoms with van der Waals surface area (Å²) < 4.78 is 0. The maximum absolute atomic E-state index is 2.64. The highest BCUT2D eigenvalue weighted by Gasteiger charge is 2.31. The third kappa shape index (κ3) is 3.20. The van der Waals surface area contributed by atoms with E-state index in [0.29, 0.717) is 11.8 Å². The zero-order chi connectivity index (χ0) is 17.4. The molecule has 0 saturated carbocycles. The van der Waals surface area contributed by atoms with Crippen LogP contribution in [0.15, 0.2) is 45.8 Å². The maximum Gasteiger partial charge on any atom is 0.0899 e. The molecule has 1 saturated heterocycles. The molecule has 2 nitrogen and oxygen atoms in total. The van der Waals surface area contributed by atoms with Crippen molar-refractivity contribution in [3.05, 3.63) is 45.8 Å². The van der Waals surface area contributed by atoms with Gasteiger partial charge in [-0.05, 0) is 51.2 Å². The average Bonchev–Trinajstić information content (AvgIpc) is 2.94. The molecule has 3 rings (SSSR count). The molecule has 2 heteroatoms. The van der Waals surface area contributed by atoms with E-state index in [-0.39, 0.29) is 0 Å².